The fourth-order valence-corrected chi connectivity index (χ4v) is 2.36. The van der Waals surface area contributed by atoms with Gasteiger partial charge in [-0.2, -0.15) is 0 Å². The Balaban J connectivity index is 2.12. The Bertz CT molecular complexity index is 545. The van der Waals surface area contributed by atoms with Crippen LogP contribution in [0.5, 0.6) is 0 Å². The highest BCUT2D eigenvalue weighted by Gasteiger charge is 2.10. The molecule has 2 heteroatoms. The molecule has 0 saturated heterocycles. The fraction of sp³-hybridized carbons (Fsp3) is 0.278. The number of hydrogen-bond donors (Lipinski definition) is 1. The molecule has 104 valence electrons. The monoisotopic (exact) mass is 267 g/mol. The molecule has 0 aliphatic rings. The molecule has 20 heavy (non-hydrogen) atoms. The average Bonchev–Trinajstić information content (AvgIpc) is 2.49. The van der Waals surface area contributed by atoms with Crippen LogP contribution in [-0.2, 0) is 4.79 Å². The Hall–Kier alpha value is -1.93. The van der Waals surface area contributed by atoms with Gasteiger partial charge in [0, 0.05) is 12.5 Å². The molecular formula is C18H21NO. The average molecular weight is 267 g/mol. The van der Waals surface area contributed by atoms with E-state index in [1.165, 1.54) is 16.7 Å². The number of rotatable bonds is 6. The van der Waals surface area contributed by atoms with Crippen LogP contribution in [0.15, 0.2) is 54.6 Å². The van der Waals surface area contributed by atoms with Crippen LogP contribution in [0, 0.1) is 0 Å². The summed E-state index contributed by atoms with van der Waals surface area (Å²) in [6.45, 7) is 1.64. The molecule has 1 N–H and O–H groups in total. The highest BCUT2D eigenvalue weighted by molar-refractivity contribution is 5.75. The van der Waals surface area contributed by atoms with Gasteiger partial charge in [0.25, 0.3) is 0 Å². The topological polar surface area (TPSA) is 29.1 Å². The second-order valence-corrected chi connectivity index (χ2v) is 5.07. The predicted octanol–water partition coefficient (Wildman–Crippen LogP) is 3.98. The highest BCUT2D eigenvalue weighted by atomic mass is 16.1. The second-order valence-electron chi connectivity index (χ2n) is 5.07. The van der Waals surface area contributed by atoms with Gasteiger partial charge in [-0.05, 0) is 37.1 Å². The molecule has 0 aliphatic carbocycles. The van der Waals surface area contributed by atoms with E-state index >= 15 is 0 Å². The lowest BCUT2D eigenvalue weighted by Crippen LogP contribution is -2.17. The molecule has 1 atom stereocenters. The number of carbonyl (C=O) groups is 1. The quantitative estimate of drug-likeness (QED) is 0.857. The van der Waals surface area contributed by atoms with E-state index in [-0.39, 0.29) is 11.8 Å². The van der Waals surface area contributed by atoms with Gasteiger partial charge in [-0.25, -0.2) is 0 Å². The fourth-order valence-electron chi connectivity index (χ4n) is 2.36. The summed E-state index contributed by atoms with van der Waals surface area (Å²) in [6.07, 6.45) is 1.46. The van der Waals surface area contributed by atoms with Crippen LogP contribution in [0.25, 0.3) is 11.1 Å². The maximum atomic E-state index is 11.1. The van der Waals surface area contributed by atoms with E-state index in [2.05, 4.69) is 41.7 Å². The Labute approximate surface area is 120 Å². The van der Waals surface area contributed by atoms with Crippen LogP contribution in [0.2, 0.25) is 0 Å². The van der Waals surface area contributed by atoms with Crippen molar-refractivity contribution in [3.05, 3.63) is 60.2 Å². The van der Waals surface area contributed by atoms with Crippen molar-refractivity contribution in [2.24, 2.45) is 0 Å². The van der Waals surface area contributed by atoms with E-state index < -0.39 is 0 Å². The lowest BCUT2D eigenvalue weighted by molar-refractivity contribution is -0.117. The van der Waals surface area contributed by atoms with Gasteiger partial charge in [0.2, 0.25) is 0 Å². The van der Waals surface area contributed by atoms with Crippen molar-refractivity contribution < 1.29 is 4.79 Å². The number of Topliss-reactive ketones (excluding diaryl/α,β-unsaturated/α-hetero) is 1. The zero-order valence-electron chi connectivity index (χ0n) is 12.1. The summed E-state index contributed by atoms with van der Waals surface area (Å²) in [5.74, 6) is 0.242. The third-order valence-corrected chi connectivity index (χ3v) is 3.55. The van der Waals surface area contributed by atoms with E-state index in [1.807, 2.05) is 25.2 Å². The maximum absolute atomic E-state index is 11.1. The summed E-state index contributed by atoms with van der Waals surface area (Å²) >= 11 is 0. The molecule has 0 saturated carbocycles. The van der Waals surface area contributed by atoms with Crippen LogP contribution in [-0.4, -0.2) is 12.8 Å². The zero-order valence-corrected chi connectivity index (χ0v) is 12.1. The summed E-state index contributed by atoms with van der Waals surface area (Å²) in [4.78, 5) is 11.1. The molecule has 2 aromatic carbocycles. The van der Waals surface area contributed by atoms with Gasteiger partial charge in [-0.3, -0.25) is 0 Å². The van der Waals surface area contributed by atoms with Crippen molar-refractivity contribution in [2.75, 3.05) is 7.05 Å². The smallest absolute Gasteiger partial charge is 0.129 e. The summed E-state index contributed by atoms with van der Waals surface area (Å²) in [7, 11) is 1.94. The van der Waals surface area contributed by atoms with Gasteiger partial charge in [0.15, 0.2) is 0 Å². The van der Waals surface area contributed by atoms with E-state index in [1.54, 1.807) is 6.92 Å². The minimum Gasteiger partial charge on any atom is -0.313 e. The molecule has 0 amide bonds. The number of carbonyl (C=O) groups excluding carboxylic acids is 1. The molecule has 0 radical (unpaired) electrons. The first kappa shape index (κ1) is 14.5. The minimum atomic E-state index is 0.240. The van der Waals surface area contributed by atoms with Gasteiger partial charge in [0.05, 0.1) is 0 Å². The Morgan fingerprint density at radius 3 is 2.15 bits per heavy atom. The second kappa shape index (κ2) is 7.01. The number of benzene rings is 2. The van der Waals surface area contributed by atoms with Crippen molar-refractivity contribution >= 4 is 5.78 Å². The normalized spacial score (nSPS) is 12.1. The van der Waals surface area contributed by atoms with Crippen molar-refractivity contribution in [1.29, 1.82) is 0 Å². The molecule has 0 spiro atoms. The number of hydrogen-bond acceptors (Lipinski definition) is 2. The SMILES string of the molecule is CNC(CCC(C)=O)c1ccc(-c2ccccc2)cc1. The predicted molar refractivity (Wildman–Crippen MR) is 83.6 cm³/mol. The van der Waals surface area contributed by atoms with Crippen molar-refractivity contribution in [3.8, 4) is 11.1 Å². The molecule has 2 aromatic rings. The highest BCUT2D eigenvalue weighted by Crippen LogP contribution is 2.23. The summed E-state index contributed by atoms with van der Waals surface area (Å²) in [6, 6.07) is 19.2. The van der Waals surface area contributed by atoms with Gasteiger partial charge < -0.3 is 10.1 Å². The van der Waals surface area contributed by atoms with Crippen molar-refractivity contribution in [3.63, 3.8) is 0 Å². The van der Waals surface area contributed by atoms with Crippen molar-refractivity contribution in [2.45, 2.75) is 25.8 Å². The zero-order chi connectivity index (χ0) is 14.4. The summed E-state index contributed by atoms with van der Waals surface area (Å²) in [5, 5.41) is 3.28. The van der Waals surface area contributed by atoms with E-state index in [4.69, 9.17) is 0 Å². The lowest BCUT2D eigenvalue weighted by Gasteiger charge is -2.16. The first-order chi connectivity index (χ1) is 9.70. The molecule has 1 unspecified atom stereocenters. The standard InChI is InChI=1S/C18H21NO/c1-14(20)8-13-18(19-2)17-11-9-16(10-12-17)15-6-4-3-5-7-15/h3-7,9-12,18-19H,8,13H2,1-2H3. The van der Waals surface area contributed by atoms with Gasteiger partial charge >= 0.3 is 0 Å². The van der Waals surface area contributed by atoms with Crippen molar-refractivity contribution in [1.82, 2.24) is 5.32 Å². The van der Waals surface area contributed by atoms with E-state index in [0.717, 1.165) is 6.42 Å². The maximum Gasteiger partial charge on any atom is 0.129 e. The first-order valence-corrected chi connectivity index (χ1v) is 7.03. The first-order valence-electron chi connectivity index (χ1n) is 7.03. The Morgan fingerprint density at radius 1 is 1.00 bits per heavy atom. The van der Waals surface area contributed by atoms with Crippen LogP contribution < -0.4 is 5.32 Å². The van der Waals surface area contributed by atoms with E-state index in [0.29, 0.717) is 6.42 Å². The number of ketones is 1. The van der Waals surface area contributed by atoms with E-state index in [9.17, 15) is 4.79 Å². The summed E-state index contributed by atoms with van der Waals surface area (Å²) in [5.41, 5.74) is 3.67. The summed E-state index contributed by atoms with van der Waals surface area (Å²) < 4.78 is 0. The molecule has 2 nitrogen and oxygen atoms in total. The van der Waals surface area contributed by atoms with Gasteiger partial charge in [0.1, 0.15) is 5.78 Å². The molecule has 0 aliphatic heterocycles. The minimum absolute atomic E-state index is 0.240. The molecule has 0 aromatic heterocycles. The van der Waals surface area contributed by atoms with Gasteiger partial charge in [-0.1, -0.05) is 54.6 Å². The Morgan fingerprint density at radius 2 is 1.60 bits per heavy atom. The molecule has 0 bridgehead atoms. The third-order valence-electron chi connectivity index (χ3n) is 3.55. The van der Waals surface area contributed by atoms with Crippen LogP contribution >= 0.6 is 0 Å². The lowest BCUT2D eigenvalue weighted by atomic mass is 9.98. The van der Waals surface area contributed by atoms with Crippen LogP contribution in [0.1, 0.15) is 31.4 Å². The molecule has 0 heterocycles. The number of nitrogens with one attached hydrogen (secondary N) is 1. The largest absolute Gasteiger partial charge is 0.313 e. The van der Waals surface area contributed by atoms with Crippen LogP contribution in [0.3, 0.4) is 0 Å². The van der Waals surface area contributed by atoms with Crippen LogP contribution in [0.4, 0.5) is 0 Å². The third kappa shape index (κ3) is 3.78. The van der Waals surface area contributed by atoms with Gasteiger partial charge in [-0.15, -0.1) is 0 Å². The molecule has 0 fully saturated rings. The molecule has 2 rings (SSSR count). The Kier molecular flexibility index (Phi) is 5.08. The molecular weight excluding hydrogens is 246 g/mol.